The van der Waals surface area contributed by atoms with Gasteiger partial charge in [-0.3, -0.25) is 4.79 Å². The van der Waals surface area contributed by atoms with Gasteiger partial charge in [0.25, 0.3) is 5.91 Å². The Kier molecular flexibility index (Phi) is 4.25. The number of rotatable bonds is 4. The number of carbonyl (C=O) groups is 1. The van der Waals surface area contributed by atoms with Gasteiger partial charge in [-0.25, -0.2) is 0 Å². The van der Waals surface area contributed by atoms with Crippen molar-refractivity contribution in [1.29, 1.82) is 0 Å². The third-order valence-corrected chi connectivity index (χ3v) is 4.18. The highest BCUT2D eigenvalue weighted by Crippen LogP contribution is 2.34. The molecule has 0 aliphatic rings. The first-order chi connectivity index (χ1) is 11.1. The van der Waals surface area contributed by atoms with Gasteiger partial charge in [-0.2, -0.15) is 0 Å². The average Bonchev–Trinajstić information content (AvgIpc) is 3.06. The van der Waals surface area contributed by atoms with E-state index in [9.17, 15) is 9.90 Å². The molecular formula is C17H14N2O3S. The number of amides is 1. The van der Waals surface area contributed by atoms with E-state index < -0.39 is 0 Å². The Morgan fingerprint density at radius 1 is 1.13 bits per heavy atom. The Morgan fingerprint density at radius 2 is 1.91 bits per heavy atom. The number of nitrogens with two attached hydrogens (primary N) is 1. The fraction of sp³-hybridized carbons (Fsp3) is 0. The van der Waals surface area contributed by atoms with E-state index in [-0.39, 0.29) is 17.4 Å². The van der Waals surface area contributed by atoms with E-state index >= 15 is 0 Å². The van der Waals surface area contributed by atoms with Crippen LogP contribution in [0.15, 0.2) is 75.1 Å². The average molecular weight is 326 g/mol. The highest BCUT2D eigenvalue weighted by Gasteiger charge is 2.10. The predicted octanol–water partition coefficient (Wildman–Crippen LogP) is 3.97. The Labute approximate surface area is 137 Å². The summed E-state index contributed by atoms with van der Waals surface area (Å²) in [5, 5.41) is 12.0. The van der Waals surface area contributed by atoms with Gasteiger partial charge in [0.1, 0.15) is 5.75 Å². The van der Waals surface area contributed by atoms with Gasteiger partial charge in [0, 0.05) is 21.2 Å². The monoisotopic (exact) mass is 326 g/mol. The number of hydrogen-bond donors (Lipinski definition) is 3. The molecule has 0 radical (unpaired) electrons. The second kappa shape index (κ2) is 6.50. The maximum absolute atomic E-state index is 11.9. The van der Waals surface area contributed by atoms with Crippen molar-refractivity contribution < 1.29 is 14.3 Å². The van der Waals surface area contributed by atoms with Gasteiger partial charge in [0.2, 0.25) is 0 Å². The molecule has 23 heavy (non-hydrogen) atoms. The van der Waals surface area contributed by atoms with E-state index in [1.807, 2.05) is 18.2 Å². The minimum atomic E-state index is -0.326. The second-order valence-corrected chi connectivity index (χ2v) is 5.90. The summed E-state index contributed by atoms with van der Waals surface area (Å²) in [5.41, 5.74) is 7.20. The standard InChI is InChI=1S/C17H14N2O3S/c18-14-10-11(19-17(21)15-2-1-9-22-15)3-8-16(14)23-13-6-4-12(20)5-7-13/h1-10,20H,18H2,(H,19,21). The normalized spacial score (nSPS) is 10.4. The fourth-order valence-corrected chi connectivity index (χ4v) is 2.80. The quantitative estimate of drug-likeness (QED) is 0.631. The van der Waals surface area contributed by atoms with E-state index in [0.29, 0.717) is 11.4 Å². The van der Waals surface area contributed by atoms with Crippen LogP contribution in [0.5, 0.6) is 5.75 Å². The number of benzene rings is 2. The van der Waals surface area contributed by atoms with Crippen LogP contribution in [0.25, 0.3) is 0 Å². The molecule has 1 aromatic heterocycles. The molecule has 0 spiro atoms. The number of aromatic hydroxyl groups is 1. The molecule has 6 heteroatoms. The highest BCUT2D eigenvalue weighted by molar-refractivity contribution is 7.99. The molecule has 1 heterocycles. The Bertz CT molecular complexity index is 814. The molecule has 0 atom stereocenters. The molecule has 0 fully saturated rings. The Balaban J connectivity index is 1.73. The molecule has 0 saturated heterocycles. The molecule has 0 unspecified atom stereocenters. The van der Waals surface area contributed by atoms with E-state index in [1.54, 1.807) is 36.4 Å². The van der Waals surface area contributed by atoms with Crippen LogP contribution < -0.4 is 11.1 Å². The van der Waals surface area contributed by atoms with Crippen molar-refractivity contribution in [3.63, 3.8) is 0 Å². The summed E-state index contributed by atoms with van der Waals surface area (Å²) < 4.78 is 5.04. The molecule has 4 N–H and O–H groups in total. The first-order valence-electron chi connectivity index (χ1n) is 6.83. The lowest BCUT2D eigenvalue weighted by Gasteiger charge is -2.09. The van der Waals surface area contributed by atoms with Crippen molar-refractivity contribution in [2.75, 3.05) is 11.1 Å². The zero-order valence-corrected chi connectivity index (χ0v) is 12.8. The smallest absolute Gasteiger partial charge is 0.291 e. The number of furan rings is 1. The minimum Gasteiger partial charge on any atom is -0.508 e. The number of carbonyl (C=O) groups excluding carboxylic acids is 1. The van der Waals surface area contributed by atoms with Gasteiger partial charge in [-0.05, 0) is 54.6 Å². The summed E-state index contributed by atoms with van der Waals surface area (Å²) in [6, 6.07) is 15.4. The third-order valence-electron chi connectivity index (χ3n) is 3.08. The van der Waals surface area contributed by atoms with Crippen LogP contribution in [0, 0.1) is 0 Å². The molecule has 0 aliphatic heterocycles. The molecule has 5 nitrogen and oxygen atoms in total. The lowest BCUT2D eigenvalue weighted by molar-refractivity contribution is 0.0996. The summed E-state index contributed by atoms with van der Waals surface area (Å²) in [5.74, 6) is 0.137. The SMILES string of the molecule is Nc1cc(NC(=O)c2ccco2)ccc1Sc1ccc(O)cc1. The number of nitrogen functional groups attached to an aromatic ring is 1. The summed E-state index contributed by atoms with van der Waals surface area (Å²) in [6.07, 6.45) is 1.45. The molecular weight excluding hydrogens is 312 g/mol. The number of nitrogens with one attached hydrogen (secondary N) is 1. The fourth-order valence-electron chi connectivity index (χ4n) is 1.96. The van der Waals surface area contributed by atoms with Crippen molar-refractivity contribution in [3.8, 4) is 5.75 Å². The van der Waals surface area contributed by atoms with E-state index in [1.165, 1.54) is 18.0 Å². The van der Waals surface area contributed by atoms with E-state index in [0.717, 1.165) is 9.79 Å². The molecule has 1 amide bonds. The first kappa shape index (κ1) is 15.1. The molecule has 116 valence electrons. The van der Waals surface area contributed by atoms with Gasteiger partial charge in [0.05, 0.1) is 6.26 Å². The molecule has 0 saturated carbocycles. The largest absolute Gasteiger partial charge is 0.508 e. The molecule has 2 aromatic carbocycles. The van der Waals surface area contributed by atoms with Crippen molar-refractivity contribution in [2.24, 2.45) is 0 Å². The summed E-state index contributed by atoms with van der Waals surface area (Å²) in [6.45, 7) is 0. The molecule has 3 aromatic rings. The van der Waals surface area contributed by atoms with Gasteiger partial charge < -0.3 is 20.6 Å². The van der Waals surface area contributed by atoms with Crippen LogP contribution in [-0.4, -0.2) is 11.0 Å². The van der Waals surface area contributed by atoms with Crippen molar-refractivity contribution in [1.82, 2.24) is 0 Å². The first-order valence-corrected chi connectivity index (χ1v) is 7.65. The van der Waals surface area contributed by atoms with Gasteiger partial charge in [-0.1, -0.05) is 11.8 Å². The van der Waals surface area contributed by atoms with Crippen LogP contribution in [-0.2, 0) is 0 Å². The highest BCUT2D eigenvalue weighted by atomic mass is 32.2. The zero-order chi connectivity index (χ0) is 16.2. The summed E-state index contributed by atoms with van der Waals surface area (Å²) in [7, 11) is 0. The predicted molar refractivity (Wildman–Crippen MR) is 89.7 cm³/mol. The van der Waals surface area contributed by atoms with Crippen LogP contribution in [0.3, 0.4) is 0 Å². The van der Waals surface area contributed by atoms with Crippen molar-refractivity contribution >= 4 is 29.0 Å². The molecule has 3 rings (SSSR count). The van der Waals surface area contributed by atoms with E-state index in [4.69, 9.17) is 10.2 Å². The van der Waals surface area contributed by atoms with Crippen LogP contribution in [0.1, 0.15) is 10.6 Å². The maximum atomic E-state index is 11.9. The Morgan fingerprint density at radius 3 is 2.57 bits per heavy atom. The lowest BCUT2D eigenvalue weighted by atomic mass is 10.2. The lowest BCUT2D eigenvalue weighted by Crippen LogP contribution is -2.11. The maximum Gasteiger partial charge on any atom is 0.291 e. The van der Waals surface area contributed by atoms with Gasteiger partial charge in [-0.15, -0.1) is 0 Å². The number of phenols is 1. The Hall–Kier alpha value is -2.86. The summed E-state index contributed by atoms with van der Waals surface area (Å²) in [4.78, 5) is 13.7. The van der Waals surface area contributed by atoms with Crippen LogP contribution in [0.2, 0.25) is 0 Å². The number of phenolic OH excluding ortho intramolecular Hbond substituents is 1. The third kappa shape index (κ3) is 3.67. The van der Waals surface area contributed by atoms with Crippen LogP contribution in [0.4, 0.5) is 11.4 Å². The van der Waals surface area contributed by atoms with Gasteiger partial charge >= 0.3 is 0 Å². The second-order valence-electron chi connectivity index (χ2n) is 4.78. The molecule has 0 bridgehead atoms. The number of anilines is 2. The van der Waals surface area contributed by atoms with Crippen LogP contribution >= 0.6 is 11.8 Å². The van der Waals surface area contributed by atoms with Crippen molar-refractivity contribution in [2.45, 2.75) is 9.79 Å². The zero-order valence-electron chi connectivity index (χ0n) is 12.0. The number of hydrogen-bond acceptors (Lipinski definition) is 5. The summed E-state index contributed by atoms with van der Waals surface area (Å²) >= 11 is 1.48. The molecule has 0 aliphatic carbocycles. The topological polar surface area (TPSA) is 88.5 Å². The minimum absolute atomic E-state index is 0.221. The van der Waals surface area contributed by atoms with Crippen molar-refractivity contribution in [3.05, 3.63) is 66.6 Å². The van der Waals surface area contributed by atoms with Gasteiger partial charge in [0.15, 0.2) is 5.76 Å². The van der Waals surface area contributed by atoms with E-state index in [2.05, 4.69) is 5.32 Å².